The molecule has 0 fully saturated rings. The molecule has 0 atom stereocenters. The van der Waals surface area contributed by atoms with Gasteiger partial charge in [0.15, 0.2) is 5.65 Å². The van der Waals surface area contributed by atoms with Crippen LogP contribution in [0, 0.1) is 0 Å². The van der Waals surface area contributed by atoms with Crippen molar-refractivity contribution >= 4 is 28.4 Å². The van der Waals surface area contributed by atoms with Gasteiger partial charge in [0.2, 0.25) is 0 Å². The molecule has 0 aliphatic carbocycles. The van der Waals surface area contributed by atoms with Crippen LogP contribution in [0.15, 0.2) is 6.07 Å². The Morgan fingerprint density at radius 2 is 2.00 bits per heavy atom. The van der Waals surface area contributed by atoms with Crippen molar-refractivity contribution in [3.05, 3.63) is 6.07 Å². The summed E-state index contributed by atoms with van der Waals surface area (Å²) in [6, 6.07) is 1.55. The number of aromatic nitrogens is 3. The first-order valence-electron chi connectivity index (χ1n) is 3.34. The van der Waals surface area contributed by atoms with Crippen molar-refractivity contribution in [3.63, 3.8) is 0 Å². The number of rotatable bonds is 0. The predicted octanol–water partition coefficient (Wildman–Crippen LogP) is -0.296. The number of hydrogen-bond donors (Lipinski definition) is 4. The van der Waals surface area contributed by atoms with E-state index in [4.69, 9.17) is 17.2 Å². The summed E-state index contributed by atoms with van der Waals surface area (Å²) in [6.07, 6.45) is 0. The number of aromatic amines is 1. The van der Waals surface area contributed by atoms with Gasteiger partial charge < -0.3 is 17.2 Å². The summed E-state index contributed by atoms with van der Waals surface area (Å²) in [5.41, 5.74) is 17.6. The zero-order valence-corrected chi connectivity index (χ0v) is 6.20. The number of pyridine rings is 1. The van der Waals surface area contributed by atoms with Gasteiger partial charge in [-0.1, -0.05) is 0 Å². The molecule has 0 unspecified atom stereocenters. The van der Waals surface area contributed by atoms with Gasteiger partial charge in [-0.15, -0.1) is 0 Å². The highest BCUT2D eigenvalue weighted by Crippen LogP contribution is 2.24. The Morgan fingerprint density at radius 1 is 1.25 bits per heavy atom. The van der Waals surface area contributed by atoms with E-state index in [1.54, 1.807) is 6.07 Å². The quantitative estimate of drug-likeness (QED) is 0.426. The molecule has 0 spiro atoms. The summed E-state index contributed by atoms with van der Waals surface area (Å²) in [5.74, 6) is 0.751. The molecule has 0 aliphatic rings. The SMILES string of the molecule is Nc1cc(N)c2c(N)[nH]nc2n1. The molecule has 6 nitrogen and oxygen atoms in total. The smallest absolute Gasteiger partial charge is 0.187 e. The standard InChI is InChI=1S/C6H8N6/c7-2-1-3(8)10-6-4(2)5(9)11-12-6/h1H,(H7,7,8,9,10,11,12). The lowest BCUT2D eigenvalue weighted by Crippen LogP contribution is -1.95. The van der Waals surface area contributed by atoms with E-state index in [1.807, 2.05) is 0 Å². The normalized spacial score (nSPS) is 10.7. The summed E-state index contributed by atoms with van der Waals surface area (Å²) in [7, 11) is 0. The lowest BCUT2D eigenvalue weighted by Gasteiger charge is -1.96. The van der Waals surface area contributed by atoms with Crippen LogP contribution in [0.1, 0.15) is 0 Å². The lowest BCUT2D eigenvalue weighted by atomic mass is 10.3. The molecule has 6 heteroatoms. The average Bonchev–Trinajstić information content (AvgIpc) is 2.31. The molecule has 2 rings (SSSR count). The summed E-state index contributed by atoms with van der Waals surface area (Å²) < 4.78 is 0. The summed E-state index contributed by atoms with van der Waals surface area (Å²) in [4.78, 5) is 3.93. The molecule has 7 N–H and O–H groups in total. The van der Waals surface area contributed by atoms with E-state index in [2.05, 4.69) is 15.2 Å². The molecule has 2 aromatic rings. The van der Waals surface area contributed by atoms with Crippen LogP contribution in [0.25, 0.3) is 11.0 Å². The van der Waals surface area contributed by atoms with Crippen LogP contribution in [0.2, 0.25) is 0 Å². The molecule has 2 heterocycles. The zero-order valence-electron chi connectivity index (χ0n) is 6.20. The molecule has 2 aromatic heterocycles. The molecule has 0 saturated carbocycles. The Kier molecular flexibility index (Phi) is 1.12. The first kappa shape index (κ1) is 6.71. The molecular formula is C6H8N6. The minimum Gasteiger partial charge on any atom is -0.398 e. The molecule has 0 radical (unpaired) electrons. The van der Waals surface area contributed by atoms with Crippen molar-refractivity contribution in [1.82, 2.24) is 15.2 Å². The van der Waals surface area contributed by atoms with E-state index in [-0.39, 0.29) is 0 Å². The van der Waals surface area contributed by atoms with Crippen molar-refractivity contribution in [3.8, 4) is 0 Å². The van der Waals surface area contributed by atoms with Gasteiger partial charge in [0.1, 0.15) is 11.6 Å². The molecule has 0 saturated heterocycles. The molecule has 12 heavy (non-hydrogen) atoms. The third-order valence-electron chi connectivity index (χ3n) is 1.60. The Bertz CT molecular complexity index is 431. The molecule has 0 aliphatic heterocycles. The van der Waals surface area contributed by atoms with Gasteiger partial charge in [-0.05, 0) is 0 Å². The minimum atomic E-state index is 0.339. The Hall–Kier alpha value is -1.98. The Morgan fingerprint density at radius 3 is 2.75 bits per heavy atom. The highest BCUT2D eigenvalue weighted by Gasteiger charge is 2.07. The van der Waals surface area contributed by atoms with Crippen molar-refractivity contribution in [2.75, 3.05) is 17.2 Å². The van der Waals surface area contributed by atoms with E-state index >= 15 is 0 Å². The van der Waals surface area contributed by atoms with Crippen molar-refractivity contribution in [2.45, 2.75) is 0 Å². The maximum Gasteiger partial charge on any atom is 0.187 e. The van der Waals surface area contributed by atoms with Crippen molar-refractivity contribution in [2.24, 2.45) is 0 Å². The number of nitrogens with two attached hydrogens (primary N) is 3. The van der Waals surface area contributed by atoms with Gasteiger partial charge in [0.25, 0.3) is 0 Å². The van der Waals surface area contributed by atoms with Crippen LogP contribution in [0.3, 0.4) is 0 Å². The van der Waals surface area contributed by atoms with Crippen LogP contribution in [0.4, 0.5) is 17.3 Å². The summed E-state index contributed by atoms with van der Waals surface area (Å²) >= 11 is 0. The maximum atomic E-state index is 5.64. The van der Waals surface area contributed by atoms with E-state index in [0.717, 1.165) is 0 Å². The number of H-pyrrole nitrogens is 1. The highest BCUT2D eigenvalue weighted by atomic mass is 15.2. The third-order valence-corrected chi connectivity index (χ3v) is 1.60. The van der Waals surface area contributed by atoms with Crippen LogP contribution in [-0.2, 0) is 0 Å². The third kappa shape index (κ3) is 0.746. The number of fused-ring (bicyclic) bond motifs is 1. The van der Waals surface area contributed by atoms with Gasteiger partial charge in [-0.25, -0.2) is 4.98 Å². The Labute approximate surface area is 67.7 Å². The zero-order chi connectivity index (χ0) is 8.72. The van der Waals surface area contributed by atoms with Gasteiger partial charge in [0.05, 0.1) is 11.1 Å². The van der Waals surface area contributed by atoms with Gasteiger partial charge in [-0.2, -0.15) is 5.10 Å². The number of hydrogen-bond acceptors (Lipinski definition) is 5. The van der Waals surface area contributed by atoms with E-state index in [9.17, 15) is 0 Å². The second-order valence-electron chi connectivity index (χ2n) is 2.47. The van der Waals surface area contributed by atoms with E-state index < -0.39 is 0 Å². The highest BCUT2D eigenvalue weighted by molar-refractivity contribution is 5.97. The van der Waals surface area contributed by atoms with Gasteiger partial charge in [-0.3, -0.25) is 5.10 Å². The van der Waals surface area contributed by atoms with Crippen LogP contribution < -0.4 is 17.2 Å². The number of anilines is 3. The van der Waals surface area contributed by atoms with Crippen LogP contribution in [0.5, 0.6) is 0 Å². The lowest BCUT2D eigenvalue weighted by molar-refractivity contribution is 1.11. The second-order valence-corrected chi connectivity index (χ2v) is 2.47. The molecule has 0 bridgehead atoms. The fourth-order valence-corrected chi connectivity index (χ4v) is 1.10. The molecular weight excluding hydrogens is 156 g/mol. The second kappa shape index (κ2) is 2.00. The summed E-state index contributed by atoms with van der Waals surface area (Å²) in [5, 5.41) is 7.02. The fourth-order valence-electron chi connectivity index (χ4n) is 1.10. The number of nitrogens with zero attached hydrogens (tertiary/aromatic N) is 2. The molecule has 0 amide bonds. The largest absolute Gasteiger partial charge is 0.398 e. The number of nitrogen functional groups attached to an aromatic ring is 3. The van der Waals surface area contributed by atoms with Crippen LogP contribution in [-0.4, -0.2) is 15.2 Å². The van der Waals surface area contributed by atoms with Gasteiger partial charge in [0, 0.05) is 6.07 Å². The Balaban J connectivity index is 2.93. The maximum absolute atomic E-state index is 5.64. The minimum absolute atomic E-state index is 0.339. The topological polar surface area (TPSA) is 120 Å². The van der Waals surface area contributed by atoms with Crippen molar-refractivity contribution < 1.29 is 0 Å². The summed E-state index contributed by atoms with van der Waals surface area (Å²) in [6.45, 7) is 0. The fraction of sp³-hybridized carbons (Fsp3) is 0. The first-order chi connectivity index (χ1) is 5.68. The van der Waals surface area contributed by atoms with Crippen LogP contribution >= 0.6 is 0 Å². The predicted molar refractivity (Wildman–Crippen MR) is 47.1 cm³/mol. The van der Waals surface area contributed by atoms with Crippen molar-refractivity contribution in [1.29, 1.82) is 0 Å². The average molecular weight is 164 g/mol. The molecule has 0 aromatic carbocycles. The van der Waals surface area contributed by atoms with E-state index in [1.165, 1.54) is 0 Å². The molecule has 62 valence electrons. The monoisotopic (exact) mass is 164 g/mol. The first-order valence-corrected chi connectivity index (χ1v) is 3.34. The number of nitrogens with one attached hydrogen (secondary N) is 1. The van der Waals surface area contributed by atoms with Gasteiger partial charge >= 0.3 is 0 Å². The van der Waals surface area contributed by atoms with E-state index in [0.29, 0.717) is 28.4 Å².